The number of piperazine rings is 1. The molecule has 1 saturated heterocycles. The van der Waals surface area contributed by atoms with Crippen LogP contribution >= 0.6 is 23.2 Å². The van der Waals surface area contributed by atoms with Gasteiger partial charge in [-0.05, 0) is 18.2 Å². The summed E-state index contributed by atoms with van der Waals surface area (Å²) in [7, 11) is 0. The zero-order chi connectivity index (χ0) is 14.1. The second-order valence-corrected chi connectivity index (χ2v) is 5.86. The highest BCUT2D eigenvalue weighted by atomic mass is 35.5. The fraction of sp³-hybridized carbons (Fsp3) is 0.429. The van der Waals surface area contributed by atoms with Crippen LogP contribution in [0.1, 0.15) is 11.9 Å². The van der Waals surface area contributed by atoms with Gasteiger partial charge < -0.3 is 14.8 Å². The quantitative estimate of drug-likeness (QED) is 0.914. The van der Waals surface area contributed by atoms with Crippen LogP contribution in [0.25, 0.3) is 11.0 Å². The number of benzene rings is 1. The normalized spacial score (nSPS) is 18.6. The van der Waals surface area contributed by atoms with Gasteiger partial charge in [-0.3, -0.25) is 4.90 Å². The highest BCUT2D eigenvalue weighted by Gasteiger charge is 2.19. The first-order valence-electron chi connectivity index (χ1n) is 6.63. The molecular formula is C14H16Cl2N2O2. The minimum atomic E-state index is -0.657. The molecule has 4 nitrogen and oxygen atoms in total. The van der Waals surface area contributed by atoms with Crippen LogP contribution < -0.4 is 5.32 Å². The lowest BCUT2D eigenvalue weighted by molar-refractivity contribution is 0.0897. The van der Waals surface area contributed by atoms with Gasteiger partial charge in [0.1, 0.15) is 11.9 Å². The molecule has 2 N–H and O–H groups in total. The van der Waals surface area contributed by atoms with E-state index in [-0.39, 0.29) is 0 Å². The number of nitrogens with one attached hydrogen (secondary N) is 1. The molecule has 0 radical (unpaired) electrons. The molecule has 1 atom stereocenters. The summed E-state index contributed by atoms with van der Waals surface area (Å²) < 4.78 is 5.67. The van der Waals surface area contributed by atoms with E-state index >= 15 is 0 Å². The summed E-state index contributed by atoms with van der Waals surface area (Å²) in [6.45, 7) is 4.34. The second-order valence-electron chi connectivity index (χ2n) is 5.02. The molecular weight excluding hydrogens is 299 g/mol. The number of aliphatic hydroxyl groups excluding tert-OH is 1. The molecule has 108 valence electrons. The van der Waals surface area contributed by atoms with Crippen molar-refractivity contribution in [3.8, 4) is 0 Å². The Bertz CT molecular complexity index is 608. The summed E-state index contributed by atoms with van der Waals surface area (Å²) in [6.07, 6.45) is -0.657. The average molecular weight is 315 g/mol. The van der Waals surface area contributed by atoms with Crippen molar-refractivity contribution in [2.24, 2.45) is 0 Å². The van der Waals surface area contributed by atoms with E-state index in [0.29, 0.717) is 27.9 Å². The molecule has 2 heterocycles. The van der Waals surface area contributed by atoms with Gasteiger partial charge in [0.05, 0.1) is 5.02 Å². The Kier molecular flexibility index (Phi) is 4.19. The fourth-order valence-corrected chi connectivity index (χ4v) is 3.04. The lowest BCUT2D eigenvalue weighted by Crippen LogP contribution is -2.44. The number of β-amino-alcohol motifs (C(OH)–C–C–N with tert-alkyl or cyclic N) is 1. The van der Waals surface area contributed by atoms with Crippen LogP contribution in [0.15, 0.2) is 22.6 Å². The summed E-state index contributed by atoms with van der Waals surface area (Å²) >= 11 is 12.1. The number of hydrogen-bond acceptors (Lipinski definition) is 4. The number of rotatable bonds is 3. The van der Waals surface area contributed by atoms with Gasteiger partial charge in [-0.2, -0.15) is 0 Å². The van der Waals surface area contributed by atoms with Crippen molar-refractivity contribution in [3.05, 3.63) is 34.0 Å². The molecule has 0 spiro atoms. The minimum Gasteiger partial charge on any atom is -0.457 e. The molecule has 1 aliphatic heterocycles. The van der Waals surface area contributed by atoms with Crippen LogP contribution in [-0.2, 0) is 0 Å². The molecule has 1 aromatic heterocycles. The minimum absolute atomic E-state index is 0.466. The van der Waals surface area contributed by atoms with E-state index in [1.165, 1.54) is 0 Å². The first-order chi connectivity index (χ1) is 9.63. The van der Waals surface area contributed by atoms with E-state index in [0.717, 1.165) is 31.6 Å². The molecule has 6 heteroatoms. The third-order valence-corrected chi connectivity index (χ3v) is 4.02. The van der Waals surface area contributed by atoms with E-state index in [1.807, 2.05) is 0 Å². The maximum Gasteiger partial charge on any atom is 0.153 e. The standard InChI is InChI=1S/C14H16Cl2N2O2/c15-10-5-9-6-13(20-14(9)11(16)7-10)12(19)8-18-3-1-17-2-4-18/h5-7,12,17,19H,1-4,8H2. The topological polar surface area (TPSA) is 48.6 Å². The summed E-state index contributed by atoms with van der Waals surface area (Å²) in [4.78, 5) is 2.21. The zero-order valence-electron chi connectivity index (χ0n) is 10.9. The summed E-state index contributed by atoms with van der Waals surface area (Å²) in [5.74, 6) is 0.530. The molecule has 1 unspecified atom stereocenters. The van der Waals surface area contributed by atoms with E-state index in [2.05, 4.69) is 10.2 Å². The smallest absolute Gasteiger partial charge is 0.153 e. The summed E-state index contributed by atoms with van der Waals surface area (Å²) in [5, 5.41) is 15.4. The molecule has 1 aliphatic rings. The van der Waals surface area contributed by atoms with Crippen LogP contribution in [0.3, 0.4) is 0 Å². The molecule has 20 heavy (non-hydrogen) atoms. The van der Waals surface area contributed by atoms with Gasteiger partial charge >= 0.3 is 0 Å². The van der Waals surface area contributed by atoms with Crippen molar-refractivity contribution in [2.45, 2.75) is 6.10 Å². The Balaban J connectivity index is 1.80. The monoisotopic (exact) mass is 314 g/mol. The molecule has 0 bridgehead atoms. The van der Waals surface area contributed by atoms with Crippen LogP contribution in [0.5, 0.6) is 0 Å². The Morgan fingerprint density at radius 3 is 2.75 bits per heavy atom. The fourth-order valence-electron chi connectivity index (χ4n) is 2.49. The maximum absolute atomic E-state index is 10.3. The van der Waals surface area contributed by atoms with Crippen LogP contribution in [0.2, 0.25) is 10.0 Å². The zero-order valence-corrected chi connectivity index (χ0v) is 12.4. The SMILES string of the molecule is OC(CN1CCNCC1)c1cc2cc(Cl)cc(Cl)c2o1. The van der Waals surface area contributed by atoms with Crippen molar-refractivity contribution in [1.82, 2.24) is 10.2 Å². The Morgan fingerprint density at radius 2 is 2.00 bits per heavy atom. The first kappa shape index (κ1) is 14.2. The van der Waals surface area contributed by atoms with Gasteiger partial charge in [-0.15, -0.1) is 0 Å². The average Bonchev–Trinajstić information content (AvgIpc) is 2.84. The highest BCUT2D eigenvalue weighted by molar-refractivity contribution is 6.38. The van der Waals surface area contributed by atoms with Crippen molar-refractivity contribution in [2.75, 3.05) is 32.7 Å². The molecule has 2 aromatic rings. The Morgan fingerprint density at radius 1 is 1.25 bits per heavy atom. The van der Waals surface area contributed by atoms with Crippen molar-refractivity contribution >= 4 is 34.2 Å². The van der Waals surface area contributed by atoms with E-state index in [1.54, 1.807) is 18.2 Å². The lowest BCUT2D eigenvalue weighted by Gasteiger charge is -2.28. The molecule has 0 amide bonds. The number of fused-ring (bicyclic) bond motifs is 1. The van der Waals surface area contributed by atoms with Gasteiger partial charge in [0.15, 0.2) is 5.58 Å². The predicted octanol–water partition coefficient (Wildman–Crippen LogP) is 2.68. The number of hydrogen-bond donors (Lipinski definition) is 2. The van der Waals surface area contributed by atoms with Gasteiger partial charge in [-0.25, -0.2) is 0 Å². The number of aliphatic hydroxyl groups is 1. The second kappa shape index (κ2) is 5.92. The number of furan rings is 1. The van der Waals surface area contributed by atoms with Crippen LogP contribution in [-0.4, -0.2) is 42.7 Å². The maximum atomic E-state index is 10.3. The molecule has 1 aromatic carbocycles. The predicted molar refractivity (Wildman–Crippen MR) is 80.5 cm³/mol. The van der Waals surface area contributed by atoms with Crippen molar-refractivity contribution < 1.29 is 9.52 Å². The molecule has 0 aliphatic carbocycles. The molecule has 3 rings (SSSR count). The van der Waals surface area contributed by atoms with Crippen molar-refractivity contribution in [3.63, 3.8) is 0 Å². The summed E-state index contributed by atoms with van der Waals surface area (Å²) in [5.41, 5.74) is 0.574. The van der Waals surface area contributed by atoms with Gasteiger partial charge in [-0.1, -0.05) is 23.2 Å². The first-order valence-corrected chi connectivity index (χ1v) is 7.39. The third-order valence-electron chi connectivity index (χ3n) is 3.52. The molecule has 1 fully saturated rings. The third kappa shape index (κ3) is 2.95. The molecule has 0 saturated carbocycles. The lowest BCUT2D eigenvalue weighted by atomic mass is 10.2. The van der Waals surface area contributed by atoms with E-state index < -0.39 is 6.10 Å². The van der Waals surface area contributed by atoms with Gasteiger partial charge in [0.2, 0.25) is 0 Å². The summed E-state index contributed by atoms with van der Waals surface area (Å²) in [6, 6.07) is 5.23. The number of nitrogens with zero attached hydrogens (tertiary/aromatic N) is 1. The van der Waals surface area contributed by atoms with Crippen LogP contribution in [0.4, 0.5) is 0 Å². The largest absolute Gasteiger partial charge is 0.457 e. The Hall–Kier alpha value is -0.780. The Labute approximate surface area is 127 Å². The number of halogens is 2. The highest BCUT2D eigenvalue weighted by Crippen LogP contribution is 2.32. The van der Waals surface area contributed by atoms with E-state index in [9.17, 15) is 5.11 Å². The van der Waals surface area contributed by atoms with E-state index in [4.69, 9.17) is 27.6 Å². The van der Waals surface area contributed by atoms with Gasteiger partial charge in [0, 0.05) is 43.1 Å². The van der Waals surface area contributed by atoms with Gasteiger partial charge in [0.25, 0.3) is 0 Å². The van der Waals surface area contributed by atoms with Crippen LogP contribution in [0, 0.1) is 0 Å². The van der Waals surface area contributed by atoms with Crippen molar-refractivity contribution in [1.29, 1.82) is 0 Å².